The van der Waals surface area contributed by atoms with Gasteiger partial charge in [0.05, 0.1) is 23.5 Å². The number of methoxy groups -OCH3 is 1. The molecule has 0 fully saturated rings. The number of hydrogen-bond acceptors (Lipinski definition) is 9. The van der Waals surface area contributed by atoms with E-state index in [0.717, 1.165) is 5.56 Å². The Bertz CT molecular complexity index is 1930. The summed E-state index contributed by atoms with van der Waals surface area (Å²) in [5.74, 6) is 0.568. The minimum atomic E-state index is -3.95. The molecule has 11 heteroatoms. The van der Waals surface area contributed by atoms with Gasteiger partial charge in [0, 0.05) is 12.6 Å². The molecule has 1 atom stereocenters. The van der Waals surface area contributed by atoms with Crippen LogP contribution in [0.15, 0.2) is 81.7 Å². The van der Waals surface area contributed by atoms with Gasteiger partial charge in [0.15, 0.2) is 32.9 Å². The molecule has 4 aromatic rings. The number of hydrogen-bond donors (Lipinski definition) is 2. The monoisotopic (exact) mass is 629 g/mol. The zero-order valence-electron chi connectivity index (χ0n) is 25.7. The number of aromatic nitrogens is 1. The van der Waals surface area contributed by atoms with Gasteiger partial charge in [0.1, 0.15) is 29.8 Å². The summed E-state index contributed by atoms with van der Waals surface area (Å²) in [7, 11) is -2.43. The Morgan fingerprint density at radius 3 is 2.53 bits per heavy atom. The third kappa shape index (κ3) is 5.64. The Morgan fingerprint density at radius 2 is 1.84 bits per heavy atom. The Morgan fingerprint density at radius 1 is 1.09 bits per heavy atom. The molecule has 1 amide bonds. The number of anilines is 2. The zero-order valence-corrected chi connectivity index (χ0v) is 26.6. The maximum Gasteiger partial charge on any atom is 0.281 e. The van der Waals surface area contributed by atoms with Crippen molar-refractivity contribution in [2.24, 2.45) is 5.41 Å². The quantitative estimate of drug-likeness (QED) is 0.231. The number of allylic oxidation sites excluding steroid dienone is 1. The van der Waals surface area contributed by atoms with Crippen molar-refractivity contribution in [2.75, 3.05) is 23.1 Å². The van der Waals surface area contributed by atoms with Gasteiger partial charge in [-0.1, -0.05) is 56.3 Å². The van der Waals surface area contributed by atoms with Crippen molar-refractivity contribution in [2.45, 2.75) is 46.8 Å². The number of oxazole rings is 1. The average molecular weight is 630 g/mol. The Kier molecular flexibility index (Phi) is 7.60. The number of nitrogens with zero attached hydrogens (tertiary/aromatic N) is 2. The number of phenols is 1. The fourth-order valence-corrected chi connectivity index (χ4v) is 8.55. The minimum absolute atomic E-state index is 0.0402. The summed E-state index contributed by atoms with van der Waals surface area (Å²) in [6.45, 7) is 7.28. The number of fused-ring (bicyclic) bond motifs is 1. The first kappa shape index (κ1) is 30.3. The van der Waals surface area contributed by atoms with Crippen LogP contribution in [-0.4, -0.2) is 37.3 Å². The van der Waals surface area contributed by atoms with Crippen LogP contribution in [0.2, 0.25) is 0 Å². The number of aryl methyl sites for hydroxylation is 2. The number of ether oxygens (including phenoxy) is 2. The second kappa shape index (κ2) is 11.3. The van der Waals surface area contributed by atoms with Crippen LogP contribution in [0.5, 0.6) is 17.2 Å². The van der Waals surface area contributed by atoms with E-state index in [1.54, 1.807) is 44.2 Å². The van der Waals surface area contributed by atoms with Gasteiger partial charge in [-0.05, 0) is 54.2 Å². The molecule has 10 nitrogen and oxygen atoms in total. The molecular weight excluding hydrogens is 594 g/mol. The highest BCUT2D eigenvalue weighted by Crippen LogP contribution is 2.52. The number of sulfone groups is 1. The summed E-state index contributed by atoms with van der Waals surface area (Å²) < 4.78 is 46.1. The first-order chi connectivity index (χ1) is 21.4. The molecule has 0 spiro atoms. The van der Waals surface area contributed by atoms with Gasteiger partial charge < -0.3 is 24.3 Å². The number of para-hydroxylation sites is 1. The lowest BCUT2D eigenvalue weighted by Gasteiger charge is -2.37. The van der Waals surface area contributed by atoms with Crippen molar-refractivity contribution < 1.29 is 32.2 Å². The van der Waals surface area contributed by atoms with E-state index < -0.39 is 27.2 Å². The van der Waals surface area contributed by atoms with Gasteiger partial charge in [-0.3, -0.25) is 9.69 Å². The van der Waals surface area contributed by atoms with Gasteiger partial charge in [-0.2, -0.15) is 0 Å². The van der Waals surface area contributed by atoms with Crippen LogP contribution in [0, 0.1) is 19.3 Å². The number of amides is 1. The van der Waals surface area contributed by atoms with Crippen LogP contribution in [-0.2, 0) is 16.4 Å². The van der Waals surface area contributed by atoms with Crippen LogP contribution in [0.1, 0.15) is 59.6 Å². The van der Waals surface area contributed by atoms with Gasteiger partial charge in [0.25, 0.3) is 5.91 Å². The molecule has 1 aromatic heterocycles. The number of carbonyl (C=O) groups excluding carboxylic acids is 1. The first-order valence-electron chi connectivity index (χ1n) is 14.6. The van der Waals surface area contributed by atoms with Crippen LogP contribution < -0.4 is 19.7 Å². The average Bonchev–Trinajstić information content (AvgIpc) is 3.24. The topological polar surface area (TPSA) is 131 Å². The second-order valence-corrected chi connectivity index (χ2v) is 14.1. The normalized spacial score (nSPS) is 18.3. The molecule has 45 heavy (non-hydrogen) atoms. The van der Waals surface area contributed by atoms with Gasteiger partial charge in [-0.15, -0.1) is 0 Å². The fourth-order valence-electron chi connectivity index (χ4n) is 6.18. The van der Waals surface area contributed by atoms with Crippen molar-refractivity contribution in [3.8, 4) is 17.2 Å². The summed E-state index contributed by atoms with van der Waals surface area (Å²) in [5, 5.41) is 14.3. The number of carbonyl (C=O) groups is 1. The molecular formula is C34H35N3O7S. The van der Waals surface area contributed by atoms with Crippen molar-refractivity contribution in [3.05, 3.63) is 106 Å². The molecule has 0 saturated heterocycles. The molecule has 0 radical (unpaired) electrons. The first-order valence-corrected chi connectivity index (χ1v) is 16.2. The number of nitrogens with one attached hydrogen (secondary N) is 1. The predicted octanol–water partition coefficient (Wildman–Crippen LogP) is 6.45. The molecule has 0 saturated carbocycles. The minimum Gasteiger partial charge on any atom is -0.506 e. The predicted molar refractivity (Wildman–Crippen MR) is 170 cm³/mol. The lowest BCUT2D eigenvalue weighted by atomic mass is 9.88. The van der Waals surface area contributed by atoms with E-state index in [1.165, 1.54) is 18.1 Å². The Balaban J connectivity index is 1.61. The van der Waals surface area contributed by atoms with Gasteiger partial charge >= 0.3 is 0 Å². The van der Waals surface area contributed by atoms with Crippen LogP contribution in [0.4, 0.5) is 11.4 Å². The standard InChI is InChI=1S/C34H35N3O7S/c1-20-29(35-21(2)44-20)33(39)37-25-12-9-13-26(38)30(25)36-24-17-34(3,4)19-45(40,41)32(24)31(37)23-14-15-27(42-5)28(16-23)43-18-22-10-7-6-8-11-22/h6-16,31,36,38H,17-19H2,1-5H3. The van der Waals surface area contributed by atoms with Crippen molar-refractivity contribution >= 4 is 27.1 Å². The second-order valence-electron chi connectivity index (χ2n) is 12.1. The van der Waals surface area contributed by atoms with Gasteiger partial charge in [-0.25, -0.2) is 13.4 Å². The highest BCUT2D eigenvalue weighted by atomic mass is 32.2. The number of aromatic hydroxyl groups is 1. The lowest BCUT2D eigenvalue weighted by Crippen LogP contribution is -2.41. The molecule has 234 valence electrons. The van der Waals surface area contributed by atoms with E-state index in [9.17, 15) is 18.3 Å². The lowest BCUT2D eigenvalue weighted by molar-refractivity contribution is 0.0975. The molecule has 1 unspecified atom stereocenters. The van der Waals surface area contributed by atoms with E-state index in [2.05, 4.69) is 10.3 Å². The SMILES string of the molecule is COc1ccc(C2C3=C(CC(C)(C)CS3(=O)=O)Nc3c(O)cccc3N2C(=O)c2nc(C)oc2C)cc1OCc1ccccc1. The number of rotatable bonds is 6. The number of benzene rings is 3. The summed E-state index contributed by atoms with van der Waals surface area (Å²) in [6.07, 6.45) is 0.365. The smallest absolute Gasteiger partial charge is 0.281 e. The van der Waals surface area contributed by atoms with Gasteiger partial charge in [0.2, 0.25) is 0 Å². The summed E-state index contributed by atoms with van der Waals surface area (Å²) in [4.78, 5) is 20.4. The maximum atomic E-state index is 14.6. The Labute approximate surface area is 262 Å². The van der Waals surface area contributed by atoms with E-state index >= 15 is 0 Å². The van der Waals surface area contributed by atoms with E-state index in [-0.39, 0.29) is 40.1 Å². The largest absolute Gasteiger partial charge is 0.506 e. The summed E-state index contributed by atoms with van der Waals surface area (Å²) >= 11 is 0. The van der Waals surface area contributed by atoms with E-state index in [4.69, 9.17) is 13.9 Å². The molecule has 3 heterocycles. The molecule has 0 bridgehead atoms. The summed E-state index contributed by atoms with van der Waals surface area (Å²) in [6, 6.07) is 18.4. The fraction of sp³-hybridized carbons (Fsp3) is 0.294. The van der Waals surface area contributed by atoms with Crippen molar-refractivity contribution in [1.82, 2.24) is 4.98 Å². The molecule has 0 aliphatic carbocycles. The highest BCUT2D eigenvalue weighted by Gasteiger charge is 2.48. The molecule has 3 aromatic carbocycles. The summed E-state index contributed by atoms with van der Waals surface area (Å²) in [5.41, 5.74) is 1.75. The van der Waals surface area contributed by atoms with Crippen LogP contribution in [0.25, 0.3) is 0 Å². The molecule has 2 N–H and O–H groups in total. The molecule has 6 rings (SSSR count). The maximum absolute atomic E-state index is 14.6. The van der Waals surface area contributed by atoms with Crippen LogP contribution >= 0.6 is 0 Å². The Hall–Kier alpha value is -4.77. The van der Waals surface area contributed by atoms with E-state index in [1.807, 2.05) is 44.2 Å². The zero-order chi connectivity index (χ0) is 32.1. The van der Waals surface area contributed by atoms with Crippen LogP contribution in [0.3, 0.4) is 0 Å². The van der Waals surface area contributed by atoms with Crippen molar-refractivity contribution in [1.29, 1.82) is 0 Å². The highest BCUT2D eigenvalue weighted by molar-refractivity contribution is 7.95. The number of phenolic OH excluding ortho intramolecular Hbond substituents is 1. The van der Waals surface area contributed by atoms with E-state index in [0.29, 0.717) is 40.8 Å². The molecule has 2 aliphatic rings. The third-order valence-electron chi connectivity index (χ3n) is 8.00. The third-order valence-corrected chi connectivity index (χ3v) is 10.3. The van der Waals surface area contributed by atoms with Crippen molar-refractivity contribution in [3.63, 3.8) is 0 Å². The molecule has 2 aliphatic heterocycles.